The van der Waals surface area contributed by atoms with Gasteiger partial charge in [-0.15, -0.1) is 0 Å². The number of amides is 1. The van der Waals surface area contributed by atoms with Crippen molar-refractivity contribution in [2.75, 3.05) is 27.2 Å². The van der Waals surface area contributed by atoms with E-state index < -0.39 is 29.4 Å². The smallest absolute Gasteiger partial charge is 0.295 e. The van der Waals surface area contributed by atoms with Gasteiger partial charge in [0.05, 0.1) is 11.6 Å². The lowest BCUT2D eigenvalue weighted by molar-refractivity contribution is -0.140. The van der Waals surface area contributed by atoms with Crippen LogP contribution in [0.3, 0.4) is 0 Å². The van der Waals surface area contributed by atoms with Crippen molar-refractivity contribution in [2.45, 2.75) is 13.0 Å². The third-order valence-electron chi connectivity index (χ3n) is 4.95. The van der Waals surface area contributed by atoms with Gasteiger partial charge in [0.25, 0.3) is 11.7 Å². The van der Waals surface area contributed by atoms with E-state index in [9.17, 15) is 23.5 Å². The number of carbonyl (C=O) groups excluding carboxylic acids is 2. The second-order valence-corrected chi connectivity index (χ2v) is 7.31. The summed E-state index contributed by atoms with van der Waals surface area (Å²) >= 11 is 0. The van der Waals surface area contributed by atoms with Crippen molar-refractivity contribution in [1.82, 2.24) is 9.80 Å². The zero-order valence-electron chi connectivity index (χ0n) is 16.4. The van der Waals surface area contributed by atoms with E-state index in [1.807, 2.05) is 19.0 Å². The number of aryl methyl sites for hydroxylation is 1. The van der Waals surface area contributed by atoms with Gasteiger partial charge < -0.3 is 14.9 Å². The van der Waals surface area contributed by atoms with Crippen LogP contribution in [0.5, 0.6) is 0 Å². The Labute approximate surface area is 167 Å². The number of hydrogen-bond donors (Lipinski definition) is 1. The molecule has 1 N–H and O–H groups in total. The largest absolute Gasteiger partial charge is 0.507 e. The summed E-state index contributed by atoms with van der Waals surface area (Å²) in [7, 11) is 3.68. The van der Waals surface area contributed by atoms with Gasteiger partial charge in [0.2, 0.25) is 0 Å². The minimum Gasteiger partial charge on any atom is -0.507 e. The molecule has 0 aromatic heterocycles. The number of rotatable bonds is 5. The summed E-state index contributed by atoms with van der Waals surface area (Å²) in [5.41, 5.74) is 0.951. The van der Waals surface area contributed by atoms with Gasteiger partial charge in [-0.3, -0.25) is 9.59 Å². The zero-order valence-corrected chi connectivity index (χ0v) is 16.4. The molecule has 0 radical (unpaired) electrons. The maximum Gasteiger partial charge on any atom is 0.295 e. The first-order chi connectivity index (χ1) is 13.7. The molecule has 1 aliphatic heterocycles. The van der Waals surface area contributed by atoms with Crippen LogP contribution in [0.1, 0.15) is 22.7 Å². The van der Waals surface area contributed by atoms with Gasteiger partial charge >= 0.3 is 0 Å². The van der Waals surface area contributed by atoms with Gasteiger partial charge in [-0.2, -0.15) is 0 Å². The number of nitrogens with zero attached hydrogens (tertiary/aromatic N) is 2. The van der Waals surface area contributed by atoms with Crippen molar-refractivity contribution in [3.05, 3.63) is 76.4 Å². The van der Waals surface area contributed by atoms with Crippen LogP contribution in [0.4, 0.5) is 8.78 Å². The first-order valence-electron chi connectivity index (χ1n) is 9.16. The summed E-state index contributed by atoms with van der Waals surface area (Å²) in [6.45, 7) is 2.29. The fraction of sp³-hybridized carbons (Fsp3) is 0.273. The minimum absolute atomic E-state index is 0.0913. The molecule has 2 aromatic carbocycles. The molecule has 1 saturated heterocycles. The van der Waals surface area contributed by atoms with Crippen molar-refractivity contribution < 1.29 is 23.5 Å². The van der Waals surface area contributed by atoms with Crippen molar-refractivity contribution in [3.63, 3.8) is 0 Å². The second kappa shape index (κ2) is 8.13. The number of benzene rings is 2. The molecule has 1 aliphatic rings. The monoisotopic (exact) mass is 400 g/mol. The van der Waals surface area contributed by atoms with Gasteiger partial charge in [0, 0.05) is 18.7 Å². The highest BCUT2D eigenvalue weighted by Crippen LogP contribution is 2.39. The van der Waals surface area contributed by atoms with E-state index in [2.05, 4.69) is 0 Å². The highest BCUT2D eigenvalue weighted by molar-refractivity contribution is 6.46. The SMILES string of the molecule is Cc1cc(/C(O)=C2/C(=O)C(=O)N(CCN(C)C)C2c2ccc(F)cc2)ccc1F. The Balaban J connectivity index is 2.15. The normalized spacial score (nSPS) is 18.7. The predicted molar refractivity (Wildman–Crippen MR) is 105 cm³/mol. The Morgan fingerprint density at radius 2 is 1.76 bits per heavy atom. The molecule has 29 heavy (non-hydrogen) atoms. The van der Waals surface area contributed by atoms with Crippen molar-refractivity contribution in [3.8, 4) is 0 Å². The van der Waals surface area contributed by atoms with Crippen LogP contribution >= 0.6 is 0 Å². The maximum absolute atomic E-state index is 13.6. The van der Waals surface area contributed by atoms with Gasteiger partial charge in [-0.05, 0) is 62.5 Å². The summed E-state index contributed by atoms with van der Waals surface area (Å²) in [5, 5.41) is 10.9. The average Bonchev–Trinajstić information content (AvgIpc) is 2.93. The average molecular weight is 400 g/mol. The van der Waals surface area contributed by atoms with Crippen LogP contribution in [0, 0.1) is 18.6 Å². The van der Waals surface area contributed by atoms with Gasteiger partial charge in [-0.1, -0.05) is 12.1 Å². The fourth-order valence-electron chi connectivity index (χ4n) is 3.36. The number of Topliss-reactive ketones (excluding diaryl/α,β-unsaturated/α-hetero) is 1. The molecule has 3 rings (SSSR count). The third-order valence-corrected chi connectivity index (χ3v) is 4.95. The molecule has 1 unspecified atom stereocenters. The lowest BCUT2D eigenvalue weighted by Gasteiger charge is -2.26. The summed E-state index contributed by atoms with van der Waals surface area (Å²) < 4.78 is 27.1. The topological polar surface area (TPSA) is 60.9 Å². The Bertz CT molecular complexity index is 984. The summed E-state index contributed by atoms with van der Waals surface area (Å²) in [5.74, 6) is -2.83. The van der Waals surface area contributed by atoms with E-state index in [1.54, 1.807) is 6.92 Å². The maximum atomic E-state index is 13.6. The Morgan fingerprint density at radius 3 is 2.34 bits per heavy atom. The molecule has 1 atom stereocenters. The molecule has 1 fully saturated rings. The first-order valence-corrected chi connectivity index (χ1v) is 9.16. The quantitative estimate of drug-likeness (QED) is 0.476. The fourth-order valence-corrected chi connectivity index (χ4v) is 3.36. The molecule has 0 bridgehead atoms. The Morgan fingerprint density at radius 1 is 1.10 bits per heavy atom. The van der Waals surface area contributed by atoms with Gasteiger partial charge in [0.1, 0.15) is 17.4 Å². The number of likely N-dealkylation sites (N-methyl/N-ethyl adjacent to an activating group) is 1. The zero-order chi connectivity index (χ0) is 21.3. The molecule has 1 amide bonds. The second-order valence-electron chi connectivity index (χ2n) is 7.31. The van der Waals surface area contributed by atoms with E-state index >= 15 is 0 Å². The van der Waals surface area contributed by atoms with E-state index in [1.165, 1.54) is 47.4 Å². The highest BCUT2D eigenvalue weighted by atomic mass is 19.1. The van der Waals surface area contributed by atoms with Crippen LogP contribution in [0.2, 0.25) is 0 Å². The summed E-state index contributed by atoms with van der Waals surface area (Å²) in [6.07, 6.45) is 0. The van der Waals surface area contributed by atoms with Crippen molar-refractivity contribution >= 4 is 17.4 Å². The van der Waals surface area contributed by atoms with E-state index in [0.29, 0.717) is 17.7 Å². The molecule has 0 saturated carbocycles. The van der Waals surface area contributed by atoms with Crippen LogP contribution in [0.25, 0.3) is 5.76 Å². The molecule has 0 spiro atoms. The number of hydrogen-bond acceptors (Lipinski definition) is 4. The molecule has 1 heterocycles. The van der Waals surface area contributed by atoms with Crippen LogP contribution in [0.15, 0.2) is 48.0 Å². The number of aliphatic hydroxyl groups excluding tert-OH is 1. The number of carbonyl (C=O) groups is 2. The molecular formula is C22H22F2N2O3. The molecule has 0 aliphatic carbocycles. The molecule has 5 nitrogen and oxygen atoms in total. The lowest BCUT2D eigenvalue weighted by Crippen LogP contribution is -2.35. The highest BCUT2D eigenvalue weighted by Gasteiger charge is 2.45. The molecule has 152 valence electrons. The summed E-state index contributed by atoms with van der Waals surface area (Å²) in [6, 6.07) is 8.55. The molecule has 2 aromatic rings. The van der Waals surface area contributed by atoms with Crippen LogP contribution in [-0.4, -0.2) is 53.8 Å². The number of halogens is 2. The van der Waals surface area contributed by atoms with Gasteiger partial charge in [0.15, 0.2) is 0 Å². The van der Waals surface area contributed by atoms with E-state index in [-0.39, 0.29) is 23.4 Å². The van der Waals surface area contributed by atoms with Gasteiger partial charge in [-0.25, -0.2) is 8.78 Å². The minimum atomic E-state index is -0.860. The van der Waals surface area contributed by atoms with E-state index in [4.69, 9.17) is 0 Å². The van der Waals surface area contributed by atoms with Crippen LogP contribution < -0.4 is 0 Å². The predicted octanol–water partition coefficient (Wildman–Crippen LogP) is 3.26. The molecular weight excluding hydrogens is 378 g/mol. The summed E-state index contributed by atoms with van der Waals surface area (Å²) in [4.78, 5) is 28.8. The Hall–Kier alpha value is -3.06. The third kappa shape index (κ3) is 4.05. The van der Waals surface area contributed by atoms with Crippen molar-refractivity contribution in [1.29, 1.82) is 0 Å². The van der Waals surface area contributed by atoms with Crippen molar-refractivity contribution in [2.24, 2.45) is 0 Å². The number of likely N-dealkylation sites (tertiary alicyclic amines) is 1. The van der Waals surface area contributed by atoms with Crippen LogP contribution in [-0.2, 0) is 9.59 Å². The van der Waals surface area contributed by atoms with E-state index in [0.717, 1.165) is 0 Å². The molecule has 7 heteroatoms. The Kier molecular flexibility index (Phi) is 5.79. The standard InChI is InChI=1S/C22H22F2N2O3/c1-13-12-15(6-9-17(13)24)20(27)18-19(14-4-7-16(23)8-5-14)26(11-10-25(2)3)22(29)21(18)28/h4-9,12,19,27H,10-11H2,1-3H3/b20-18-. The first kappa shape index (κ1) is 20.7. The lowest BCUT2D eigenvalue weighted by atomic mass is 9.95. The number of aliphatic hydroxyl groups is 1. The number of ketones is 1.